The number of nitrogens with one attached hydrogen (secondary N) is 1. The highest BCUT2D eigenvalue weighted by atomic mass is 32.2. The Morgan fingerprint density at radius 2 is 2.19 bits per heavy atom. The molecule has 27 heavy (non-hydrogen) atoms. The number of aliphatic imine (C=N–C) groups is 1. The van der Waals surface area contributed by atoms with E-state index in [1.54, 1.807) is 7.05 Å². The first-order chi connectivity index (χ1) is 12.6. The number of alkyl halides is 3. The maximum Gasteiger partial charge on any atom is 0.408 e. The number of halogens is 3. The van der Waals surface area contributed by atoms with Gasteiger partial charge in [0.15, 0.2) is 11.0 Å². The molecule has 0 saturated heterocycles. The number of aromatic nitrogens is 2. The molecule has 0 aliphatic rings. The van der Waals surface area contributed by atoms with Crippen molar-refractivity contribution in [2.45, 2.75) is 11.9 Å². The summed E-state index contributed by atoms with van der Waals surface area (Å²) in [5, 5.41) is 14.8. The van der Waals surface area contributed by atoms with Crippen LogP contribution in [0.5, 0.6) is 0 Å². The SMILES string of the molecule is CN(CCSCc1nccc(NC(N)=NCC(F)(F)F)n1)C(N)=N[N+](=O)[O-]. The summed E-state index contributed by atoms with van der Waals surface area (Å²) in [6.45, 7) is -0.987. The molecule has 0 aromatic carbocycles. The van der Waals surface area contributed by atoms with Gasteiger partial charge in [0.25, 0.3) is 5.96 Å². The monoisotopic (exact) mass is 409 g/mol. The molecular formula is C12H18F3N9O2S. The van der Waals surface area contributed by atoms with Crippen LogP contribution in [0.2, 0.25) is 0 Å². The predicted octanol–water partition coefficient (Wildman–Crippen LogP) is 0.437. The summed E-state index contributed by atoms with van der Waals surface area (Å²) in [4.78, 5) is 23.0. The molecule has 1 aromatic rings. The average molecular weight is 409 g/mol. The quantitative estimate of drug-likeness (QED) is 0.182. The largest absolute Gasteiger partial charge is 0.408 e. The van der Waals surface area contributed by atoms with Crippen molar-refractivity contribution >= 4 is 29.5 Å². The fraction of sp³-hybridized carbons (Fsp3) is 0.500. The first-order valence-electron chi connectivity index (χ1n) is 7.30. The van der Waals surface area contributed by atoms with Gasteiger partial charge in [-0.1, -0.05) is 0 Å². The second-order valence-electron chi connectivity index (χ2n) is 4.97. The van der Waals surface area contributed by atoms with E-state index in [1.165, 1.54) is 28.9 Å². The zero-order valence-electron chi connectivity index (χ0n) is 14.2. The van der Waals surface area contributed by atoms with Crippen molar-refractivity contribution in [2.24, 2.45) is 21.6 Å². The number of anilines is 1. The Morgan fingerprint density at radius 3 is 2.81 bits per heavy atom. The van der Waals surface area contributed by atoms with E-state index in [0.29, 0.717) is 23.9 Å². The Balaban J connectivity index is 2.47. The molecule has 0 saturated carbocycles. The third kappa shape index (κ3) is 10.0. The van der Waals surface area contributed by atoms with Gasteiger partial charge < -0.3 is 21.7 Å². The number of nitrogens with zero attached hydrogens (tertiary/aromatic N) is 6. The van der Waals surface area contributed by atoms with E-state index >= 15 is 0 Å². The molecule has 0 spiro atoms. The molecule has 0 aliphatic carbocycles. The lowest BCUT2D eigenvalue weighted by atomic mass is 10.5. The van der Waals surface area contributed by atoms with Crippen molar-refractivity contribution in [3.63, 3.8) is 0 Å². The highest BCUT2D eigenvalue weighted by molar-refractivity contribution is 7.98. The van der Waals surface area contributed by atoms with Gasteiger partial charge >= 0.3 is 6.18 Å². The Kier molecular flexibility index (Phi) is 8.50. The van der Waals surface area contributed by atoms with E-state index in [2.05, 4.69) is 25.4 Å². The fourth-order valence-corrected chi connectivity index (χ4v) is 2.39. The third-order valence-electron chi connectivity index (χ3n) is 2.77. The van der Waals surface area contributed by atoms with Crippen molar-refractivity contribution in [1.82, 2.24) is 14.9 Å². The Labute approximate surface area is 156 Å². The summed E-state index contributed by atoms with van der Waals surface area (Å²) < 4.78 is 36.3. The third-order valence-corrected chi connectivity index (χ3v) is 3.70. The van der Waals surface area contributed by atoms with Crippen LogP contribution in [0.25, 0.3) is 0 Å². The minimum Gasteiger partial charge on any atom is -0.370 e. The maximum absolute atomic E-state index is 12.1. The number of rotatable bonds is 8. The predicted molar refractivity (Wildman–Crippen MR) is 95.6 cm³/mol. The van der Waals surface area contributed by atoms with Gasteiger partial charge in [-0.15, -0.1) is 0 Å². The summed E-state index contributed by atoms with van der Waals surface area (Å²) in [5.41, 5.74) is 10.8. The van der Waals surface area contributed by atoms with E-state index in [0.717, 1.165) is 0 Å². The number of nitrogens with two attached hydrogens (primary N) is 2. The second-order valence-corrected chi connectivity index (χ2v) is 6.08. The van der Waals surface area contributed by atoms with Crippen LogP contribution in [-0.2, 0) is 5.75 Å². The number of hydrogen-bond donors (Lipinski definition) is 3. The molecular weight excluding hydrogens is 391 g/mol. The first-order valence-corrected chi connectivity index (χ1v) is 8.45. The molecule has 0 amide bonds. The summed E-state index contributed by atoms with van der Waals surface area (Å²) in [5.74, 6) is 0.964. The van der Waals surface area contributed by atoms with E-state index in [9.17, 15) is 23.3 Å². The molecule has 0 unspecified atom stereocenters. The lowest BCUT2D eigenvalue weighted by Gasteiger charge is -2.14. The summed E-state index contributed by atoms with van der Waals surface area (Å²) in [6, 6.07) is 1.44. The standard InChI is InChI=1S/C12H18F3N9O2S/c1-23(11(17)22-24(25)26)4-5-27-6-9-18-3-2-8(20-9)21-10(16)19-7-12(13,14)15/h2-3H,4-7H2,1H3,(H2,17,22)(H3,16,18,19,20,21). The molecule has 150 valence electrons. The molecule has 1 heterocycles. The van der Waals surface area contributed by atoms with Gasteiger partial charge in [0.05, 0.1) is 5.75 Å². The highest BCUT2D eigenvalue weighted by Gasteiger charge is 2.26. The molecule has 5 N–H and O–H groups in total. The van der Waals surface area contributed by atoms with Crippen molar-refractivity contribution < 1.29 is 18.2 Å². The van der Waals surface area contributed by atoms with Crippen LogP contribution in [0.1, 0.15) is 5.82 Å². The van der Waals surface area contributed by atoms with Crippen LogP contribution in [0.3, 0.4) is 0 Å². The van der Waals surface area contributed by atoms with Crippen LogP contribution >= 0.6 is 11.8 Å². The number of guanidine groups is 2. The van der Waals surface area contributed by atoms with Gasteiger partial charge in [-0.25, -0.2) is 25.1 Å². The van der Waals surface area contributed by atoms with Crippen molar-refractivity contribution in [2.75, 3.05) is 31.2 Å². The van der Waals surface area contributed by atoms with Gasteiger partial charge in [0.1, 0.15) is 23.3 Å². The minimum absolute atomic E-state index is 0.211. The van der Waals surface area contributed by atoms with Gasteiger partial charge in [0, 0.05) is 25.5 Å². The summed E-state index contributed by atoms with van der Waals surface area (Å²) >= 11 is 1.43. The molecule has 0 radical (unpaired) electrons. The van der Waals surface area contributed by atoms with E-state index in [-0.39, 0.29) is 11.8 Å². The highest BCUT2D eigenvalue weighted by Crippen LogP contribution is 2.14. The lowest BCUT2D eigenvalue weighted by Crippen LogP contribution is -2.36. The maximum atomic E-state index is 12.1. The van der Waals surface area contributed by atoms with Crippen molar-refractivity contribution in [3.8, 4) is 0 Å². The normalized spacial score (nSPS) is 12.7. The lowest BCUT2D eigenvalue weighted by molar-refractivity contribution is -0.485. The van der Waals surface area contributed by atoms with Gasteiger partial charge in [-0.2, -0.15) is 24.9 Å². The van der Waals surface area contributed by atoms with Gasteiger partial charge in [-0.3, -0.25) is 0 Å². The topological polar surface area (TPSA) is 161 Å². The molecule has 0 fully saturated rings. The Bertz CT molecular complexity index is 699. The van der Waals surface area contributed by atoms with Crippen LogP contribution in [-0.4, -0.2) is 63.9 Å². The first kappa shape index (κ1) is 22.2. The average Bonchev–Trinajstić information content (AvgIpc) is 2.56. The molecule has 0 aliphatic heterocycles. The number of nitro groups is 1. The molecule has 0 bridgehead atoms. The van der Waals surface area contributed by atoms with Crippen molar-refractivity contribution in [1.29, 1.82) is 0 Å². The van der Waals surface area contributed by atoms with Crippen LogP contribution < -0.4 is 16.8 Å². The van der Waals surface area contributed by atoms with Crippen LogP contribution in [0, 0.1) is 10.1 Å². The fourth-order valence-electron chi connectivity index (χ4n) is 1.52. The van der Waals surface area contributed by atoms with Crippen LogP contribution in [0.4, 0.5) is 19.0 Å². The zero-order valence-corrected chi connectivity index (χ0v) is 15.0. The zero-order chi connectivity index (χ0) is 20.4. The Morgan fingerprint density at radius 1 is 1.48 bits per heavy atom. The van der Waals surface area contributed by atoms with Crippen LogP contribution in [0.15, 0.2) is 22.4 Å². The van der Waals surface area contributed by atoms with E-state index in [1.807, 2.05) is 0 Å². The molecule has 1 rings (SSSR count). The molecule has 0 atom stereocenters. The summed E-state index contributed by atoms with van der Waals surface area (Å²) in [7, 11) is 1.56. The summed E-state index contributed by atoms with van der Waals surface area (Å²) in [6.07, 6.45) is -3.02. The van der Waals surface area contributed by atoms with Crippen molar-refractivity contribution in [3.05, 3.63) is 28.2 Å². The number of hydrazone groups is 1. The minimum atomic E-state index is -4.44. The number of hydrogen-bond acceptors (Lipinski definition) is 6. The smallest absolute Gasteiger partial charge is 0.370 e. The Hall–Kier alpha value is -2.84. The van der Waals surface area contributed by atoms with E-state index < -0.39 is 23.7 Å². The van der Waals surface area contributed by atoms with Gasteiger partial charge in [-0.05, 0) is 6.07 Å². The second kappa shape index (κ2) is 10.3. The molecule has 11 nitrogen and oxygen atoms in total. The van der Waals surface area contributed by atoms with Gasteiger partial charge in [0.2, 0.25) is 0 Å². The van der Waals surface area contributed by atoms with E-state index in [4.69, 9.17) is 11.5 Å². The number of thioether (sulfide) groups is 1. The molecule has 1 aromatic heterocycles. The molecule has 15 heteroatoms.